The van der Waals surface area contributed by atoms with Crippen molar-refractivity contribution >= 4 is 28.6 Å². The Balaban J connectivity index is 1.80. The molecule has 0 saturated carbocycles. The van der Waals surface area contributed by atoms with Crippen LogP contribution in [0.1, 0.15) is 21.6 Å². The monoisotopic (exact) mass is 371 g/mol. The number of rotatable bonds is 4. The van der Waals surface area contributed by atoms with Gasteiger partial charge < -0.3 is 5.11 Å². The molecule has 0 bridgehead atoms. The lowest BCUT2D eigenvalue weighted by Crippen LogP contribution is -2.17. The minimum absolute atomic E-state index is 0.0894. The number of hydrogen-bond acceptors (Lipinski definition) is 3. The Bertz CT molecular complexity index is 1270. The predicted octanol–water partition coefficient (Wildman–Crippen LogP) is 4.08. The number of carbonyl (C=O) groups is 1. The highest BCUT2D eigenvalue weighted by Gasteiger charge is 2.13. The number of hydrogen-bond donors (Lipinski definition) is 2. The fraction of sp³-hybridized carbons (Fsp3) is 0.0455. The Kier molecular flexibility index (Phi) is 4.37. The predicted molar refractivity (Wildman–Crippen MR) is 109 cm³/mol. The third-order valence-corrected chi connectivity index (χ3v) is 4.56. The molecule has 0 aliphatic carbocycles. The number of carboxylic acid groups (broad SMARTS) is 1. The molecule has 0 spiro atoms. The number of aromatic carboxylic acids is 1. The van der Waals surface area contributed by atoms with Gasteiger partial charge in [-0.15, -0.1) is 0 Å². The van der Waals surface area contributed by atoms with Crippen molar-refractivity contribution < 1.29 is 9.90 Å². The quantitative estimate of drug-likeness (QED) is 0.530. The van der Waals surface area contributed by atoms with E-state index in [-0.39, 0.29) is 11.1 Å². The fourth-order valence-electron chi connectivity index (χ4n) is 3.11. The average molecular weight is 371 g/mol. The molecule has 3 aromatic carbocycles. The Labute approximate surface area is 160 Å². The molecular weight excluding hydrogens is 354 g/mol. The lowest BCUT2D eigenvalue weighted by atomic mass is 10.1. The highest BCUT2D eigenvalue weighted by molar-refractivity contribution is 6.01. The summed E-state index contributed by atoms with van der Waals surface area (Å²) in [5.74, 6) is -1.06. The molecule has 4 rings (SSSR count). The highest BCUT2D eigenvalue weighted by Crippen LogP contribution is 2.26. The summed E-state index contributed by atoms with van der Waals surface area (Å²) < 4.78 is 1.44. The second kappa shape index (κ2) is 7.00. The molecule has 0 fully saturated rings. The second-order valence-corrected chi connectivity index (χ2v) is 6.41. The number of aromatic amines is 1. The zero-order chi connectivity index (χ0) is 19.7. The summed E-state index contributed by atoms with van der Waals surface area (Å²) in [6.07, 6.45) is 1.42. The van der Waals surface area contributed by atoms with Crippen molar-refractivity contribution in [2.24, 2.45) is 4.99 Å². The van der Waals surface area contributed by atoms with Crippen molar-refractivity contribution in [3.8, 4) is 5.69 Å². The van der Waals surface area contributed by atoms with Gasteiger partial charge >= 0.3 is 5.97 Å². The number of para-hydroxylation sites is 1. The first-order chi connectivity index (χ1) is 13.5. The van der Waals surface area contributed by atoms with Crippen molar-refractivity contribution in [3.63, 3.8) is 0 Å². The maximum Gasteiger partial charge on any atom is 0.337 e. The normalized spacial score (nSPS) is 11.3. The van der Waals surface area contributed by atoms with Crippen LogP contribution in [0.3, 0.4) is 0 Å². The molecular formula is C22H17N3O3. The van der Waals surface area contributed by atoms with Crippen LogP contribution >= 0.6 is 0 Å². The summed E-state index contributed by atoms with van der Waals surface area (Å²) in [5.41, 5.74) is 1.89. The van der Waals surface area contributed by atoms with Gasteiger partial charge in [-0.05, 0) is 42.0 Å². The van der Waals surface area contributed by atoms with Crippen molar-refractivity contribution in [3.05, 3.63) is 93.9 Å². The molecule has 0 unspecified atom stereocenters. The largest absolute Gasteiger partial charge is 0.478 e. The molecule has 0 saturated heterocycles. The Morgan fingerprint density at radius 1 is 1.04 bits per heavy atom. The van der Waals surface area contributed by atoms with Crippen LogP contribution in [0, 0.1) is 6.92 Å². The van der Waals surface area contributed by atoms with E-state index in [9.17, 15) is 14.7 Å². The number of aryl methyl sites for hydroxylation is 1. The maximum atomic E-state index is 12.8. The molecule has 1 aromatic heterocycles. The van der Waals surface area contributed by atoms with Crippen LogP contribution in [0.15, 0.2) is 76.5 Å². The molecule has 0 aliphatic heterocycles. The minimum Gasteiger partial charge on any atom is -0.478 e. The molecule has 6 heteroatoms. The smallest absolute Gasteiger partial charge is 0.337 e. The van der Waals surface area contributed by atoms with Gasteiger partial charge in [-0.25, -0.2) is 9.48 Å². The van der Waals surface area contributed by atoms with Gasteiger partial charge in [0.1, 0.15) is 0 Å². The van der Waals surface area contributed by atoms with E-state index in [2.05, 4.69) is 10.1 Å². The van der Waals surface area contributed by atoms with Crippen LogP contribution in [-0.4, -0.2) is 27.1 Å². The SMILES string of the molecule is Cc1[nH]n(-c2ccccc2)c(=O)c1C=Nc1cc2ccccc2cc1C(=O)O. The molecule has 4 aromatic rings. The maximum absolute atomic E-state index is 12.8. The number of carboxylic acids is 1. The van der Waals surface area contributed by atoms with Crippen LogP contribution < -0.4 is 5.56 Å². The molecule has 0 radical (unpaired) electrons. The highest BCUT2D eigenvalue weighted by atomic mass is 16.4. The van der Waals surface area contributed by atoms with Gasteiger partial charge in [-0.3, -0.25) is 14.9 Å². The molecule has 0 aliphatic rings. The topological polar surface area (TPSA) is 87.5 Å². The number of fused-ring (bicyclic) bond motifs is 1. The number of nitrogens with one attached hydrogen (secondary N) is 1. The zero-order valence-corrected chi connectivity index (χ0v) is 15.1. The summed E-state index contributed by atoms with van der Waals surface area (Å²) in [6, 6.07) is 20.0. The van der Waals surface area contributed by atoms with E-state index in [4.69, 9.17) is 0 Å². The number of aromatic nitrogens is 2. The first-order valence-electron chi connectivity index (χ1n) is 8.72. The van der Waals surface area contributed by atoms with Crippen molar-refractivity contribution in [1.82, 2.24) is 9.78 Å². The van der Waals surface area contributed by atoms with E-state index in [0.717, 1.165) is 10.8 Å². The molecule has 2 N–H and O–H groups in total. The molecule has 0 atom stereocenters. The van der Waals surface area contributed by atoms with Crippen LogP contribution in [0.2, 0.25) is 0 Å². The summed E-state index contributed by atoms with van der Waals surface area (Å²) in [6.45, 7) is 1.78. The van der Waals surface area contributed by atoms with E-state index in [1.54, 1.807) is 19.1 Å². The third-order valence-electron chi connectivity index (χ3n) is 4.56. The van der Waals surface area contributed by atoms with Crippen molar-refractivity contribution in [2.75, 3.05) is 0 Å². The number of nitrogens with zero attached hydrogens (tertiary/aromatic N) is 2. The van der Waals surface area contributed by atoms with E-state index in [0.29, 0.717) is 22.6 Å². The molecule has 138 valence electrons. The van der Waals surface area contributed by atoms with E-state index < -0.39 is 5.97 Å². The first kappa shape index (κ1) is 17.5. The van der Waals surface area contributed by atoms with Crippen LogP contribution in [0.5, 0.6) is 0 Å². The van der Waals surface area contributed by atoms with Gasteiger partial charge in [0.15, 0.2) is 0 Å². The Morgan fingerprint density at radius 2 is 1.68 bits per heavy atom. The molecule has 28 heavy (non-hydrogen) atoms. The van der Waals surface area contributed by atoms with Crippen LogP contribution in [0.4, 0.5) is 5.69 Å². The Morgan fingerprint density at radius 3 is 2.36 bits per heavy atom. The van der Waals surface area contributed by atoms with Gasteiger partial charge in [-0.2, -0.15) is 0 Å². The first-order valence-corrected chi connectivity index (χ1v) is 8.72. The third kappa shape index (κ3) is 3.12. The number of H-pyrrole nitrogens is 1. The number of aliphatic imine (C=N–C) groups is 1. The molecule has 0 amide bonds. The van der Waals surface area contributed by atoms with Crippen molar-refractivity contribution in [2.45, 2.75) is 6.92 Å². The average Bonchev–Trinajstić information content (AvgIpc) is 3.00. The van der Waals surface area contributed by atoms with Gasteiger partial charge in [0, 0.05) is 11.9 Å². The van der Waals surface area contributed by atoms with Gasteiger partial charge in [0.25, 0.3) is 5.56 Å². The summed E-state index contributed by atoms with van der Waals surface area (Å²) >= 11 is 0. The fourth-order valence-corrected chi connectivity index (χ4v) is 3.11. The van der Waals surface area contributed by atoms with Crippen LogP contribution in [0.25, 0.3) is 16.5 Å². The van der Waals surface area contributed by atoms with Gasteiger partial charge in [-0.1, -0.05) is 42.5 Å². The van der Waals surface area contributed by atoms with Gasteiger partial charge in [0.2, 0.25) is 0 Å². The zero-order valence-electron chi connectivity index (χ0n) is 15.1. The van der Waals surface area contributed by atoms with Gasteiger partial charge in [0.05, 0.1) is 22.5 Å². The lowest BCUT2D eigenvalue weighted by molar-refractivity contribution is 0.0698. The van der Waals surface area contributed by atoms with Crippen molar-refractivity contribution in [1.29, 1.82) is 0 Å². The van der Waals surface area contributed by atoms with E-state index in [1.807, 2.05) is 54.6 Å². The van der Waals surface area contributed by atoms with E-state index in [1.165, 1.54) is 10.9 Å². The summed E-state index contributed by atoms with van der Waals surface area (Å²) in [5, 5.41) is 14.3. The lowest BCUT2D eigenvalue weighted by Gasteiger charge is -2.04. The molecule has 1 heterocycles. The molecule has 6 nitrogen and oxygen atoms in total. The minimum atomic E-state index is -1.06. The summed E-state index contributed by atoms with van der Waals surface area (Å²) in [7, 11) is 0. The Hall–Kier alpha value is -3.93. The summed E-state index contributed by atoms with van der Waals surface area (Å²) in [4.78, 5) is 28.8. The standard InChI is InChI=1S/C22H17N3O3/c1-14-19(21(26)25(24-14)17-9-3-2-4-10-17)13-23-20-12-16-8-6-5-7-15(16)11-18(20)22(27)28/h2-13,24H,1H3,(H,27,28). The van der Waals surface area contributed by atoms with E-state index >= 15 is 0 Å². The second-order valence-electron chi connectivity index (χ2n) is 6.41. The number of benzene rings is 3. The van der Waals surface area contributed by atoms with Crippen LogP contribution in [-0.2, 0) is 0 Å².